The number of fused-ring (bicyclic) bond motifs is 3. The Kier molecular flexibility index (Phi) is 13.3. The topological polar surface area (TPSA) is 182 Å². The first-order chi connectivity index (χ1) is 26.2. The van der Waals surface area contributed by atoms with Crippen molar-refractivity contribution in [2.24, 2.45) is 29.4 Å². The molecule has 1 aliphatic carbocycles. The Balaban J connectivity index is 1.22. The molecule has 3 aromatic carbocycles. The maximum atomic E-state index is 13.6. The highest BCUT2D eigenvalue weighted by molar-refractivity contribution is 5.98. The van der Waals surface area contributed by atoms with Crippen molar-refractivity contribution in [1.82, 2.24) is 5.32 Å². The molecule has 0 spiro atoms. The first-order valence-corrected chi connectivity index (χ1v) is 18.6. The zero-order chi connectivity index (χ0) is 40.0. The Morgan fingerprint density at radius 3 is 2.11 bits per heavy atom. The van der Waals surface area contributed by atoms with Gasteiger partial charge in [-0.1, -0.05) is 89.2 Å². The van der Waals surface area contributed by atoms with Gasteiger partial charge in [-0.25, -0.2) is 9.59 Å². The molecule has 2 amide bonds. The van der Waals surface area contributed by atoms with Gasteiger partial charge in [-0.3, -0.25) is 14.4 Å². The van der Waals surface area contributed by atoms with Crippen molar-refractivity contribution in [2.45, 2.75) is 85.0 Å². The van der Waals surface area contributed by atoms with E-state index in [4.69, 9.17) is 29.4 Å². The van der Waals surface area contributed by atoms with E-state index in [1.54, 1.807) is 25.1 Å². The van der Waals surface area contributed by atoms with E-state index >= 15 is 0 Å². The van der Waals surface area contributed by atoms with Crippen LogP contribution in [-0.2, 0) is 44.7 Å². The standard InChI is InChI=1S/C42H51N3O10/c1-22(2)36(45-42(50)52-21-32-30-14-10-8-12-28(30)29-13-9-11-15-31(29)32)34(47)18-23(3)39(48)44-33-17-16-27(20-43)19-35(33)54-41-25(5)24(4)37(53-26(6)46)38(55-41)40(49)51-7/h8-17,19,22-25,32,36-38,41H,18,20-21,43H2,1-7H3,(H,44,48)(H,45,50)/t23-,24-,25-,36+,37+,38+,41-/m1/s1. The Labute approximate surface area is 321 Å². The molecule has 55 heavy (non-hydrogen) atoms. The van der Waals surface area contributed by atoms with Gasteiger partial charge in [0.15, 0.2) is 11.9 Å². The van der Waals surface area contributed by atoms with E-state index in [0.29, 0.717) is 11.3 Å². The molecule has 13 heteroatoms. The lowest BCUT2D eigenvalue weighted by Crippen LogP contribution is -2.55. The molecule has 5 rings (SSSR count). The molecule has 13 nitrogen and oxygen atoms in total. The normalized spacial score (nSPS) is 21.4. The van der Waals surface area contributed by atoms with Crippen LogP contribution in [0.25, 0.3) is 11.1 Å². The van der Waals surface area contributed by atoms with Crippen LogP contribution >= 0.6 is 0 Å². The van der Waals surface area contributed by atoms with Gasteiger partial charge >= 0.3 is 18.0 Å². The average Bonchev–Trinajstić information content (AvgIpc) is 3.49. The van der Waals surface area contributed by atoms with Crippen molar-refractivity contribution in [3.63, 3.8) is 0 Å². The lowest BCUT2D eigenvalue weighted by atomic mass is 9.84. The molecule has 1 saturated heterocycles. The quantitative estimate of drug-likeness (QED) is 0.135. The maximum Gasteiger partial charge on any atom is 0.407 e. The predicted molar refractivity (Wildman–Crippen MR) is 204 cm³/mol. The van der Waals surface area contributed by atoms with Crippen LogP contribution < -0.4 is 21.1 Å². The van der Waals surface area contributed by atoms with Crippen LogP contribution in [-0.4, -0.2) is 68.0 Å². The van der Waals surface area contributed by atoms with E-state index in [9.17, 15) is 24.0 Å². The fourth-order valence-corrected chi connectivity index (χ4v) is 7.15. The number of anilines is 1. The third-order valence-electron chi connectivity index (χ3n) is 10.5. The second-order valence-electron chi connectivity index (χ2n) is 14.6. The molecule has 0 saturated carbocycles. The summed E-state index contributed by atoms with van der Waals surface area (Å²) in [5, 5.41) is 5.59. The zero-order valence-electron chi connectivity index (χ0n) is 32.3. The summed E-state index contributed by atoms with van der Waals surface area (Å²) >= 11 is 0. The number of rotatable bonds is 14. The molecule has 1 fully saturated rings. The number of benzene rings is 3. The van der Waals surface area contributed by atoms with E-state index < -0.39 is 54.4 Å². The third kappa shape index (κ3) is 9.34. The third-order valence-corrected chi connectivity index (χ3v) is 10.5. The van der Waals surface area contributed by atoms with Gasteiger partial charge in [0.1, 0.15) is 18.5 Å². The molecule has 294 valence electrons. The van der Waals surface area contributed by atoms with Crippen LogP contribution in [0.5, 0.6) is 5.75 Å². The summed E-state index contributed by atoms with van der Waals surface area (Å²) in [6.07, 6.45) is -4.02. The number of esters is 2. The van der Waals surface area contributed by atoms with Crippen LogP contribution in [0.3, 0.4) is 0 Å². The second-order valence-corrected chi connectivity index (χ2v) is 14.6. The first kappa shape index (κ1) is 40.9. The van der Waals surface area contributed by atoms with Crippen molar-refractivity contribution in [3.05, 3.63) is 83.4 Å². The molecule has 2 aliphatic rings. The molecule has 0 unspecified atom stereocenters. The van der Waals surface area contributed by atoms with Crippen molar-refractivity contribution in [3.8, 4) is 16.9 Å². The van der Waals surface area contributed by atoms with E-state index in [0.717, 1.165) is 22.3 Å². The number of amides is 2. The molecule has 1 heterocycles. The number of hydrogen-bond acceptors (Lipinski definition) is 11. The Morgan fingerprint density at radius 2 is 1.53 bits per heavy atom. The maximum absolute atomic E-state index is 13.6. The average molecular weight is 758 g/mol. The van der Waals surface area contributed by atoms with Gasteiger partial charge in [0.25, 0.3) is 0 Å². The predicted octanol–water partition coefficient (Wildman–Crippen LogP) is 5.72. The molecule has 0 radical (unpaired) electrons. The van der Waals surface area contributed by atoms with E-state index in [-0.39, 0.29) is 54.8 Å². The number of alkyl carbamates (subject to hydrolysis) is 1. The minimum absolute atomic E-state index is 0.102. The summed E-state index contributed by atoms with van der Waals surface area (Å²) in [4.78, 5) is 64.7. The summed E-state index contributed by atoms with van der Waals surface area (Å²) < 4.78 is 28.4. The first-order valence-electron chi connectivity index (χ1n) is 18.6. The SMILES string of the molecule is COC(=O)[C@H]1O[C@@H](Oc2cc(CN)ccc2NC(=O)[C@H](C)CC(=O)[C@@H](NC(=O)OCC2c3ccccc3-c3ccccc32)C(C)C)[C@H](C)[C@@H](C)[C@@H]1OC(C)=O. The van der Waals surface area contributed by atoms with E-state index in [2.05, 4.69) is 22.8 Å². The summed E-state index contributed by atoms with van der Waals surface area (Å²) in [5.41, 5.74) is 11.3. The fraction of sp³-hybridized carbons (Fsp3) is 0.452. The van der Waals surface area contributed by atoms with Gasteiger partial charge < -0.3 is 40.1 Å². The number of hydrogen-bond donors (Lipinski definition) is 3. The number of nitrogens with one attached hydrogen (secondary N) is 2. The summed E-state index contributed by atoms with van der Waals surface area (Å²) in [6, 6.07) is 20.2. The largest absolute Gasteiger partial charge is 0.467 e. The summed E-state index contributed by atoms with van der Waals surface area (Å²) in [7, 11) is 1.21. The van der Waals surface area contributed by atoms with Gasteiger partial charge in [0, 0.05) is 43.6 Å². The van der Waals surface area contributed by atoms with Crippen molar-refractivity contribution in [2.75, 3.05) is 19.0 Å². The van der Waals surface area contributed by atoms with Gasteiger partial charge in [0.05, 0.1) is 18.8 Å². The minimum atomic E-state index is -1.25. The van der Waals surface area contributed by atoms with Crippen LogP contribution in [0.2, 0.25) is 0 Å². The molecule has 7 atom stereocenters. The summed E-state index contributed by atoms with van der Waals surface area (Å²) in [5.74, 6) is -3.80. The molecule has 4 N–H and O–H groups in total. The van der Waals surface area contributed by atoms with Crippen molar-refractivity contribution >= 4 is 35.4 Å². The number of methoxy groups -OCH3 is 1. The van der Waals surface area contributed by atoms with Crippen LogP contribution in [0.15, 0.2) is 66.7 Å². The van der Waals surface area contributed by atoms with Gasteiger partial charge in [-0.2, -0.15) is 0 Å². The van der Waals surface area contributed by atoms with Gasteiger partial charge in [-0.15, -0.1) is 0 Å². The lowest BCUT2D eigenvalue weighted by Gasteiger charge is -2.42. The molecular formula is C42H51N3O10. The monoisotopic (exact) mass is 757 g/mol. The second kappa shape index (κ2) is 17.9. The number of ether oxygens (including phenoxy) is 5. The fourth-order valence-electron chi connectivity index (χ4n) is 7.15. The number of carbonyl (C=O) groups is 5. The minimum Gasteiger partial charge on any atom is -0.467 e. The van der Waals surface area contributed by atoms with Crippen LogP contribution in [0, 0.1) is 23.7 Å². The zero-order valence-corrected chi connectivity index (χ0v) is 32.3. The molecule has 3 aromatic rings. The molecule has 0 aromatic heterocycles. The number of ketones is 1. The molecule has 1 aliphatic heterocycles. The lowest BCUT2D eigenvalue weighted by molar-refractivity contribution is -0.243. The van der Waals surface area contributed by atoms with Crippen LogP contribution in [0.4, 0.5) is 10.5 Å². The Hall–Kier alpha value is -5.27. The van der Waals surface area contributed by atoms with Crippen molar-refractivity contribution in [1.29, 1.82) is 0 Å². The number of nitrogens with two attached hydrogens (primary N) is 1. The van der Waals surface area contributed by atoms with E-state index in [1.807, 2.05) is 64.1 Å². The Morgan fingerprint density at radius 1 is 0.891 bits per heavy atom. The highest BCUT2D eigenvalue weighted by Gasteiger charge is 2.48. The Bertz CT molecular complexity index is 1850. The number of Topliss-reactive ketones (excluding diaryl/α,β-unsaturated/α-hetero) is 1. The number of carbonyl (C=O) groups excluding carboxylic acids is 5. The highest BCUT2D eigenvalue weighted by Crippen LogP contribution is 2.44. The summed E-state index contributed by atoms with van der Waals surface area (Å²) in [6.45, 7) is 10.4. The molecule has 0 bridgehead atoms. The van der Waals surface area contributed by atoms with Gasteiger partial charge in [0.2, 0.25) is 12.2 Å². The highest BCUT2D eigenvalue weighted by atomic mass is 16.7. The van der Waals surface area contributed by atoms with Gasteiger partial charge in [-0.05, 0) is 45.9 Å². The van der Waals surface area contributed by atoms with Crippen molar-refractivity contribution < 1.29 is 47.7 Å². The smallest absolute Gasteiger partial charge is 0.407 e. The van der Waals surface area contributed by atoms with E-state index in [1.165, 1.54) is 14.0 Å². The van der Waals surface area contributed by atoms with Crippen LogP contribution in [0.1, 0.15) is 70.6 Å². The molecular weight excluding hydrogens is 706 g/mol.